The zero-order valence-electron chi connectivity index (χ0n) is 11.7. The Morgan fingerprint density at radius 2 is 2.10 bits per heavy atom. The number of halogens is 3. The highest BCUT2D eigenvalue weighted by Gasteiger charge is 2.20. The van der Waals surface area contributed by atoms with Gasteiger partial charge in [0.1, 0.15) is 5.82 Å². The largest absolute Gasteiger partial charge is 0.337 e. The molecule has 114 valence electrons. The van der Waals surface area contributed by atoms with Gasteiger partial charge in [0.15, 0.2) is 0 Å². The van der Waals surface area contributed by atoms with E-state index in [1.165, 1.54) is 6.07 Å². The molecule has 20 heavy (non-hydrogen) atoms. The Balaban J connectivity index is 0.00000361. The molecular formula is C14H21BrClFN2O. The number of hydrogen-bond donors (Lipinski definition) is 1. The van der Waals surface area contributed by atoms with Gasteiger partial charge in [-0.05, 0) is 31.5 Å². The van der Waals surface area contributed by atoms with E-state index in [-0.39, 0.29) is 30.7 Å². The third-order valence-corrected chi connectivity index (χ3v) is 3.47. The predicted octanol–water partition coefficient (Wildman–Crippen LogP) is 3.49. The molecular weight excluding hydrogens is 347 g/mol. The van der Waals surface area contributed by atoms with Crippen molar-refractivity contribution in [2.24, 2.45) is 5.73 Å². The summed E-state index contributed by atoms with van der Waals surface area (Å²) in [5.74, 6) is -0.428. The lowest BCUT2D eigenvalue weighted by Gasteiger charge is -2.24. The minimum absolute atomic E-state index is 0. The molecule has 1 rings (SSSR count). The second-order valence-electron chi connectivity index (χ2n) is 4.48. The Labute approximate surface area is 134 Å². The number of carbonyl (C=O) groups is 1. The van der Waals surface area contributed by atoms with Gasteiger partial charge in [-0.2, -0.15) is 0 Å². The van der Waals surface area contributed by atoms with Crippen molar-refractivity contribution >= 4 is 34.2 Å². The van der Waals surface area contributed by atoms with Crippen molar-refractivity contribution in [1.82, 2.24) is 4.90 Å². The molecule has 0 heterocycles. The van der Waals surface area contributed by atoms with E-state index in [9.17, 15) is 9.18 Å². The monoisotopic (exact) mass is 366 g/mol. The number of likely N-dealkylation sites (N-methyl/N-ethyl adjacent to an activating group) is 1. The van der Waals surface area contributed by atoms with Crippen LogP contribution in [-0.4, -0.2) is 23.4 Å². The number of amides is 1. The molecule has 0 aliphatic heterocycles. The van der Waals surface area contributed by atoms with Crippen molar-refractivity contribution in [2.45, 2.75) is 39.3 Å². The summed E-state index contributed by atoms with van der Waals surface area (Å²) in [4.78, 5) is 13.7. The normalized spacial score (nSPS) is 11.7. The van der Waals surface area contributed by atoms with Crippen LogP contribution in [0.2, 0.25) is 0 Å². The second-order valence-corrected chi connectivity index (χ2v) is 5.40. The molecule has 0 saturated heterocycles. The molecule has 0 bridgehead atoms. The van der Waals surface area contributed by atoms with Crippen molar-refractivity contribution in [2.75, 3.05) is 6.54 Å². The van der Waals surface area contributed by atoms with Crippen molar-refractivity contribution < 1.29 is 9.18 Å². The highest BCUT2D eigenvalue weighted by atomic mass is 79.9. The first kappa shape index (κ1) is 19.4. The van der Waals surface area contributed by atoms with Crippen LogP contribution in [0.25, 0.3) is 0 Å². The standard InChI is InChI=1S/C14H20BrFN2O.ClH/c1-3-5-13(17)14(19)18(4-2)9-10-8-11(15)6-7-12(10)16;/h6-8,13H,3-5,9,17H2,1-2H3;1H. The third kappa shape index (κ3) is 5.38. The van der Waals surface area contributed by atoms with E-state index in [1.807, 2.05) is 13.8 Å². The SMILES string of the molecule is CCCC(N)C(=O)N(CC)Cc1cc(Br)ccc1F.Cl. The third-order valence-electron chi connectivity index (χ3n) is 2.98. The maximum absolute atomic E-state index is 13.7. The fraction of sp³-hybridized carbons (Fsp3) is 0.500. The van der Waals surface area contributed by atoms with Crippen LogP contribution in [-0.2, 0) is 11.3 Å². The van der Waals surface area contributed by atoms with Gasteiger partial charge in [0.25, 0.3) is 0 Å². The van der Waals surface area contributed by atoms with Gasteiger partial charge in [-0.25, -0.2) is 4.39 Å². The molecule has 1 aromatic carbocycles. The lowest BCUT2D eigenvalue weighted by molar-refractivity contribution is -0.133. The zero-order valence-corrected chi connectivity index (χ0v) is 14.1. The van der Waals surface area contributed by atoms with E-state index >= 15 is 0 Å². The first-order valence-corrected chi connectivity index (χ1v) is 7.27. The Bertz CT molecular complexity index is 445. The summed E-state index contributed by atoms with van der Waals surface area (Å²) in [5, 5.41) is 0. The van der Waals surface area contributed by atoms with E-state index in [4.69, 9.17) is 5.73 Å². The van der Waals surface area contributed by atoms with Gasteiger partial charge >= 0.3 is 0 Å². The molecule has 3 nitrogen and oxygen atoms in total. The van der Waals surface area contributed by atoms with Gasteiger partial charge in [-0.1, -0.05) is 29.3 Å². The Kier molecular flexibility index (Phi) is 9.01. The van der Waals surface area contributed by atoms with Crippen LogP contribution < -0.4 is 5.73 Å². The van der Waals surface area contributed by atoms with E-state index in [2.05, 4.69) is 15.9 Å². The molecule has 0 aliphatic rings. The van der Waals surface area contributed by atoms with Gasteiger partial charge in [0.2, 0.25) is 5.91 Å². The highest BCUT2D eigenvalue weighted by Crippen LogP contribution is 2.17. The minimum Gasteiger partial charge on any atom is -0.337 e. The zero-order chi connectivity index (χ0) is 14.4. The quantitative estimate of drug-likeness (QED) is 0.836. The van der Waals surface area contributed by atoms with Gasteiger partial charge in [-0.3, -0.25) is 4.79 Å². The highest BCUT2D eigenvalue weighted by molar-refractivity contribution is 9.10. The summed E-state index contributed by atoms with van der Waals surface area (Å²) < 4.78 is 14.5. The van der Waals surface area contributed by atoms with Crippen LogP contribution in [0.15, 0.2) is 22.7 Å². The molecule has 0 spiro atoms. The molecule has 1 unspecified atom stereocenters. The van der Waals surface area contributed by atoms with Crippen molar-refractivity contribution in [1.29, 1.82) is 0 Å². The number of hydrogen-bond acceptors (Lipinski definition) is 2. The van der Waals surface area contributed by atoms with Gasteiger partial charge in [0, 0.05) is 23.1 Å². The topological polar surface area (TPSA) is 46.3 Å². The first-order valence-electron chi connectivity index (χ1n) is 6.47. The minimum atomic E-state index is -0.500. The lowest BCUT2D eigenvalue weighted by Crippen LogP contribution is -2.43. The molecule has 2 N–H and O–H groups in total. The summed E-state index contributed by atoms with van der Waals surface area (Å²) >= 11 is 3.30. The average molecular weight is 368 g/mol. The van der Waals surface area contributed by atoms with Crippen LogP contribution in [0.3, 0.4) is 0 Å². The fourth-order valence-electron chi connectivity index (χ4n) is 1.88. The number of nitrogens with zero attached hydrogens (tertiary/aromatic N) is 1. The Morgan fingerprint density at radius 1 is 1.45 bits per heavy atom. The van der Waals surface area contributed by atoms with Crippen LogP contribution >= 0.6 is 28.3 Å². The molecule has 0 saturated carbocycles. The van der Waals surface area contributed by atoms with Gasteiger partial charge in [-0.15, -0.1) is 12.4 Å². The molecule has 1 atom stereocenters. The average Bonchev–Trinajstić information content (AvgIpc) is 2.39. The number of nitrogens with two attached hydrogens (primary N) is 1. The van der Waals surface area contributed by atoms with Crippen molar-refractivity contribution in [3.8, 4) is 0 Å². The second kappa shape index (κ2) is 9.32. The van der Waals surface area contributed by atoms with Crippen molar-refractivity contribution in [3.63, 3.8) is 0 Å². The lowest BCUT2D eigenvalue weighted by atomic mass is 10.1. The van der Waals surface area contributed by atoms with Crippen LogP contribution in [0.5, 0.6) is 0 Å². The maximum atomic E-state index is 13.7. The smallest absolute Gasteiger partial charge is 0.239 e. The fourth-order valence-corrected chi connectivity index (χ4v) is 2.29. The summed E-state index contributed by atoms with van der Waals surface area (Å²) in [7, 11) is 0. The van der Waals surface area contributed by atoms with E-state index in [0.717, 1.165) is 10.9 Å². The Morgan fingerprint density at radius 3 is 2.65 bits per heavy atom. The number of carbonyl (C=O) groups excluding carboxylic acids is 1. The number of rotatable bonds is 6. The summed E-state index contributed by atoms with van der Waals surface area (Å²) in [6, 6.07) is 4.22. The summed E-state index contributed by atoms with van der Waals surface area (Å²) in [6.07, 6.45) is 1.51. The summed E-state index contributed by atoms with van der Waals surface area (Å²) in [5.41, 5.74) is 6.33. The van der Waals surface area contributed by atoms with E-state index < -0.39 is 6.04 Å². The van der Waals surface area contributed by atoms with Gasteiger partial charge in [0.05, 0.1) is 6.04 Å². The van der Waals surface area contributed by atoms with E-state index in [0.29, 0.717) is 18.5 Å². The van der Waals surface area contributed by atoms with E-state index in [1.54, 1.807) is 17.0 Å². The molecule has 1 amide bonds. The molecule has 0 aromatic heterocycles. The molecule has 1 aromatic rings. The van der Waals surface area contributed by atoms with Crippen LogP contribution in [0.1, 0.15) is 32.3 Å². The first-order chi connectivity index (χ1) is 8.99. The van der Waals surface area contributed by atoms with Gasteiger partial charge < -0.3 is 10.6 Å². The number of benzene rings is 1. The molecule has 0 fully saturated rings. The predicted molar refractivity (Wildman–Crippen MR) is 85.3 cm³/mol. The van der Waals surface area contributed by atoms with Crippen LogP contribution in [0, 0.1) is 5.82 Å². The molecule has 6 heteroatoms. The van der Waals surface area contributed by atoms with Crippen LogP contribution in [0.4, 0.5) is 4.39 Å². The van der Waals surface area contributed by atoms with Crippen molar-refractivity contribution in [3.05, 3.63) is 34.1 Å². The molecule has 0 radical (unpaired) electrons. The summed E-state index contributed by atoms with van der Waals surface area (Å²) in [6.45, 7) is 4.62. The molecule has 0 aliphatic carbocycles. The maximum Gasteiger partial charge on any atom is 0.239 e. The Hall–Kier alpha value is -0.650.